The van der Waals surface area contributed by atoms with Crippen LogP contribution in [0.2, 0.25) is 0 Å². The van der Waals surface area contributed by atoms with Crippen LogP contribution >= 0.6 is 0 Å². The van der Waals surface area contributed by atoms with E-state index in [1.54, 1.807) is 36.4 Å². The smallest absolute Gasteiger partial charge is 0.277 e. The number of nitrogens with zero attached hydrogens (tertiary/aromatic N) is 2. The van der Waals surface area contributed by atoms with Gasteiger partial charge in [-0.15, -0.1) is 0 Å². The fourth-order valence-corrected chi connectivity index (χ4v) is 2.20. The molecule has 0 aliphatic carbocycles. The first kappa shape index (κ1) is 11.2. The third-order valence-corrected chi connectivity index (χ3v) is 3.02. The van der Waals surface area contributed by atoms with Crippen molar-refractivity contribution in [1.82, 2.24) is 5.10 Å². The second kappa shape index (κ2) is 4.09. The average Bonchev–Trinajstić information content (AvgIpc) is 2.83. The third kappa shape index (κ3) is 1.70. The van der Waals surface area contributed by atoms with E-state index in [-0.39, 0.29) is 5.69 Å². The van der Waals surface area contributed by atoms with Crippen molar-refractivity contribution in [3.8, 4) is 11.3 Å². The first-order valence-corrected chi connectivity index (χ1v) is 5.62. The zero-order chi connectivity index (χ0) is 13.4. The van der Waals surface area contributed by atoms with Gasteiger partial charge in [0.1, 0.15) is 0 Å². The molecule has 19 heavy (non-hydrogen) atoms. The first-order valence-electron chi connectivity index (χ1n) is 5.62. The fraction of sp³-hybridized carbons (Fsp3) is 0. The normalized spacial score (nSPS) is 10.7. The lowest BCUT2D eigenvalue weighted by atomic mass is 10.0. The predicted molar refractivity (Wildman–Crippen MR) is 69.3 cm³/mol. The summed E-state index contributed by atoms with van der Waals surface area (Å²) in [5.74, 6) is 0. The van der Waals surface area contributed by atoms with Gasteiger partial charge in [0.05, 0.1) is 22.1 Å². The number of nitro benzene ring substituents is 1. The number of hydrogen-bond donors (Lipinski definition) is 1. The number of nitrogens with one attached hydrogen (secondary N) is 1. The number of benzene rings is 2. The van der Waals surface area contributed by atoms with Crippen molar-refractivity contribution in [2.24, 2.45) is 0 Å². The van der Waals surface area contributed by atoms with E-state index in [4.69, 9.17) is 0 Å². The summed E-state index contributed by atoms with van der Waals surface area (Å²) in [5, 5.41) is 26.3. The molecule has 1 heterocycles. The highest BCUT2D eigenvalue weighted by Gasteiger charge is 2.17. The SMILES string of the molecule is O=[N+]([O-])c1cccc2c(-c3cc[nH][n+]3[O-])cccc12. The molecule has 0 aliphatic heterocycles. The summed E-state index contributed by atoms with van der Waals surface area (Å²) in [5.41, 5.74) is 1.14. The molecule has 3 rings (SSSR count). The number of aromatic amines is 1. The second-order valence-corrected chi connectivity index (χ2v) is 4.08. The molecule has 0 fully saturated rings. The van der Waals surface area contributed by atoms with Crippen LogP contribution in [0.1, 0.15) is 0 Å². The number of non-ortho nitro benzene ring substituents is 1. The molecule has 0 saturated heterocycles. The minimum Gasteiger partial charge on any atom is -0.596 e. The molecule has 0 unspecified atom stereocenters. The van der Waals surface area contributed by atoms with E-state index in [0.717, 1.165) is 0 Å². The molecule has 0 amide bonds. The van der Waals surface area contributed by atoms with Crippen LogP contribution in [-0.2, 0) is 0 Å². The van der Waals surface area contributed by atoms with Gasteiger partial charge in [-0.2, -0.15) is 5.10 Å². The molecule has 0 spiro atoms. The Bertz CT molecular complexity index is 780. The Balaban J connectivity index is 2.37. The van der Waals surface area contributed by atoms with Gasteiger partial charge in [0, 0.05) is 17.5 Å². The number of rotatable bonds is 2. The molecular formula is C13H9N3O3. The van der Waals surface area contributed by atoms with E-state index in [1.165, 1.54) is 12.3 Å². The van der Waals surface area contributed by atoms with Crippen LogP contribution in [-0.4, -0.2) is 10.0 Å². The van der Waals surface area contributed by atoms with Gasteiger partial charge in [0.25, 0.3) is 11.4 Å². The average molecular weight is 255 g/mol. The Kier molecular flexibility index (Phi) is 2.42. The maximum absolute atomic E-state index is 11.6. The molecule has 0 bridgehead atoms. The molecule has 0 saturated carbocycles. The van der Waals surface area contributed by atoms with Crippen LogP contribution in [0.4, 0.5) is 5.69 Å². The zero-order valence-electron chi connectivity index (χ0n) is 9.74. The van der Waals surface area contributed by atoms with Gasteiger partial charge in [-0.3, -0.25) is 10.1 Å². The van der Waals surface area contributed by atoms with Gasteiger partial charge in [-0.1, -0.05) is 23.0 Å². The topological polar surface area (TPSA) is 85.9 Å². The van der Waals surface area contributed by atoms with Crippen molar-refractivity contribution in [3.63, 3.8) is 0 Å². The zero-order valence-corrected chi connectivity index (χ0v) is 9.74. The fourth-order valence-electron chi connectivity index (χ4n) is 2.20. The number of fused-ring (bicyclic) bond motifs is 1. The Morgan fingerprint density at radius 2 is 1.79 bits per heavy atom. The molecule has 2 aromatic carbocycles. The van der Waals surface area contributed by atoms with Crippen molar-refractivity contribution >= 4 is 16.5 Å². The summed E-state index contributed by atoms with van der Waals surface area (Å²) in [7, 11) is 0. The quantitative estimate of drug-likeness (QED) is 0.330. The molecule has 0 radical (unpaired) electrons. The van der Waals surface area contributed by atoms with Crippen molar-refractivity contribution in [2.75, 3.05) is 0 Å². The van der Waals surface area contributed by atoms with Crippen LogP contribution in [0, 0.1) is 15.3 Å². The summed E-state index contributed by atoms with van der Waals surface area (Å²) in [4.78, 5) is 11.2. The van der Waals surface area contributed by atoms with Gasteiger partial charge in [0.15, 0.2) is 0 Å². The number of aromatic nitrogens is 2. The number of hydrogen-bond acceptors (Lipinski definition) is 3. The second-order valence-electron chi connectivity index (χ2n) is 4.08. The molecule has 3 aromatic rings. The highest BCUT2D eigenvalue weighted by Crippen LogP contribution is 2.31. The van der Waals surface area contributed by atoms with E-state index >= 15 is 0 Å². The molecule has 0 aliphatic rings. The van der Waals surface area contributed by atoms with E-state index in [1.807, 2.05) is 0 Å². The van der Waals surface area contributed by atoms with Crippen molar-refractivity contribution in [1.29, 1.82) is 0 Å². The maximum Gasteiger partial charge on any atom is 0.277 e. The summed E-state index contributed by atoms with van der Waals surface area (Å²) >= 11 is 0. The van der Waals surface area contributed by atoms with Gasteiger partial charge in [-0.25, -0.2) is 0 Å². The number of H-pyrrole nitrogens is 1. The lowest BCUT2D eigenvalue weighted by molar-refractivity contribution is -0.653. The Morgan fingerprint density at radius 1 is 1.05 bits per heavy atom. The van der Waals surface area contributed by atoms with E-state index < -0.39 is 4.92 Å². The van der Waals surface area contributed by atoms with Crippen molar-refractivity contribution in [3.05, 3.63) is 64.0 Å². The van der Waals surface area contributed by atoms with Crippen LogP contribution in [0.5, 0.6) is 0 Å². The molecule has 6 heteroatoms. The van der Waals surface area contributed by atoms with E-state index in [9.17, 15) is 15.3 Å². The summed E-state index contributed by atoms with van der Waals surface area (Å²) < 4.78 is 0. The van der Waals surface area contributed by atoms with E-state index in [2.05, 4.69) is 5.10 Å². The lowest BCUT2D eigenvalue weighted by Crippen LogP contribution is -2.29. The predicted octanol–water partition coefficient (Wildman–Crippen LogP) is 2.38. The number of nitro groups is 1. The lowest BCUT2D eigenvalue weighted by Gasteiger charge is -2.04. The Hall–Kier alpha value is -2.89. The first-order chi connectivity index (χ1) is 9.18. The molecule has 1 N–H and O–H groups in total. The summed E-state index contributed by atoms with van der Waals surface area (Å²) in [6.45, 7) is 0. The van der Waals surface area contributed by atoms with E-state index in [0.29, 0.717) is 26.9 Å². The summed E-state index contributed by atoms with van der Waals surface area (Å²) in [6.07, 6.45) is 1.53. The summed E-state index contributed by atoms with van der Waals surface area (Å²) in [6, 6.07) is 11.6. The Morgan fingerprint density at radius 3 is 2.47 bits per heavy atom. The van der Waals surface area contributed by atoms with Crippen LogP contribution in [0.3, 0.4) is 0 Å². The largest absolute Gasteiger partial charge is 0.596 e. The molecule has 94 valence electrons. The highest BCUT2D eigenvalue weighted by atomic mass is 16.6. The third-order valence-electron chi connectivity index (χ3n) is 3.02. The minimum atomic E-state index is -0.422. The van der Waals surface area contributed by atoms with Crippen molar-refractivity contribution in [2.45, 2.75) is 0 Å². The van der Waals surface area contributed by atoms with Gasteiger partial charge in [0.2, 0.25) is 0 Å². The van der Waals surface area contributed by atoms with Crippen molar-refractivity contribution < 1.29 is 9.77 Å². The van der Waals surface area contributed by atoms with Crippen LogP contribution in [0.15, 0.2) is 48.7 Å². The van der Waals surface area contributed by atoms with Gasteiger partial charge in [-0.05, 0) is 12.1 Å². The molecule has 1 aromatic heterocycles. The maximum atomic E-state index is 11.6. The van der Waals surface area contributed by atoms with Crippen LogP contribution in [0.25, 0.3) is 22.0 Å². The van der Waals surface area contributed by atoms with Gasteiger partial charge >= 0.3 is 0 Å². The standard InChI is InChI=1S/C13H9N3O3/c17-15-12(7-8-14-15)10-4-1-5-11-9(10)3-2-6-13(11)16(18)19/h1-8,14H. The molecular weight excluding hydrogens is 246 g/mol. The van der Waals surface area contributed by atoms with Crippen LogP contribution < -0.4 is 4.85 Å². The molecule has 6 nitrogen and oxygen atoms in total. The van der Waals surface area contributed by atoms with Gasteiger partial charge < -0.3 is 5.21 Å². The molecule has 0 atom stereocenters. The minimum absolute atomic E-state index is 0.0346. The monoisotopic (exact) mass is 255 g/mol. The highest BCUT2D eigenvalue weighted by molar-refractivity contribution is 6.00. The Labute approximate surface area is 107 Å².